The zero-order valence-corrected chi connectivity index (χ0v) is 10.5. The molecule has 4 N–H and O–H groups in total. The van der Waals surface area contributed by atoms with Gasteiger partial charge in [-0.15, -0.1) is 11.3 Å². The monoisotopic (exact) mass is 241 g/mol. The Morgan fingerprint density at radius 2 is 2.50 bits per heavy atom. The van der Waals surface area contributed by atoms with E-state index < -0.39 is 0 Å². The smallest absolute Gasteiger partial charge is 0.205 e. The van der Waals surface area contributed by atoms with E-state index >= 15 is 0 Å². The summed E-state index contributed by atoms with van der Waals surface area (Å²) in [6.07, 6.45) is 2.86. The molecule has 6 heteroatoms. The van der Waals surface area contributed by atoms with Gasteiger partial charge in [0.05, 0.1) is 11.6 Å². The van der Waals surface area contributed by atoms with Crippen molar-refractivity contribution in [3.05, 3.63) is 16.6 Å². The zero-order valence-electron chi connectivity index (χ0n) is 9.73. The largest absolute Gasteiger partial charge is 0.355 e. The van der Waals surface area contributed by atoms with Crippen molar-refractivity contribution in [2.45, 2.75) is 26.2 Å². The second kappa shape index (κ2) is 7.19. The minimum atomic E-state index is 0.326. The Kier molecular flexibility index (Phi) is 5.81. The standard InChI is InChI=1S/C10H19N5S/c1-3-4-13-10(15-11)14-7-8(2)9-12-5-6-16-9/h5-6,8H,3-4,7,11H2,1-2H3,(H2,13,14,15). The Labute approximate surface area is 100 Å². The number of rotatable bonds is 5. The van der Waals surface area contributed by atoms with Crippen LogP contribution in [0, 0.1) is 0 Å². The fourth-order valence-electron chi connectivity index (χ4n) is 1.18. The number of hydrazine groups is 1. The van der Waals surface area contributed by atoms with Crippen LogP contribution in [0.3, 0.4) is 0 Å². The average molecular weight is 241 g/mol. The number of nitrogens with two attached hydrogens (primary N) is 1. The Bertz CT molecular complexity index is 309. The Morgan fingerprint density at radius 3 is 3.06 bits per heavy atom. The van der Waals surface area contributed by atoms with Crippen molar-refractivity contribution in [1.82, 2.24) is 15.7 Å². The van der Waals surface area contributed by atoms with Crippen molar-refractivity contribution in [3.8, 4) is 0 Å². The number of hydrogen-bond acceptors (Lipinski definition) is 4. The minimum absolute atomic E-state index is 0.326. The van der Waals surface area contributed by atoms with Crippen LogP contribution in [0.5, 0.6) is 0 Å². The van der Waals surface area contributed by atoms with Crippen molar-refractivity contribution in [1.29, 1.82) is 0 Å². The molecule has 16 heavy (non-hydrogen) atoms. The topological polar surface area (TPSA) is 75.3 Å². The molecule has 0 spiro atoms. The lowest BCUT2D eigenvalue weighted by Gasteiger charge is -2.09. The van der Waals surface area contributed by atoms with Crippen molar-refractivity contribution in [2.24, 2.45) is 10.8 Å². The van der Waals surface area contributed by atoms with Crippen molar-refractivity contribution < 1.29 is 0 Å². The maximum Gasteiger partial charge on any atom is 0.205 e. The summed E-state index contributed by atoms with van der Waals surface area (Å²) < 4.78 is 0. The van der Waals surface area contributed by atoms with Gasteiger partial charge in [-0.1, -0.05) is 13.8 Å². The summed E-state index contributed by atoms with van der Waals surface area (Å²) in [5.74, 6) is 6.33. The molecule has 0 aliphatic carbocycles. The summed E-state index contributed by atoms with van der Waals surface area (Å²) in [4.78, 5) is 8.63. The highest BCUT2D eigenvalue weighted by Gasteiger charge is 2.07. The second-order valence-corrected chi connectivity index (χ2v) is 4.46. The number of guanidine groups is 1. The number of nitrogens with one attached hydrogen (secondary N) is 2. The van der Waals surface area contributed by atoms with Crippen molar-refractivity contribution in [2.75, 3.05) is 13.1 Å². The van der Waals surface area contributed by atoms with Gasteiger partial charge in [0, 0.05) is 24.0 Å². The van der Waals surface area contributed by atoms with E-state index in [0.717, 1.165) is 18.0 Å². The average Bonchev–Trinajstić information content (AvgIpc) is 2.82. The molecule has 90 valence electrons. The highest BCUT2D eigenvalue weighted by molar-refractivity contribution is 7.09. The second-order valence-electron chi connectivity index (χ2n) is 3.53. The van der Waals surface area contributed by atoms with Crippen LogP contribution in [-0.2, 0) is 0 Å². The fourth-order valence-corrected chi connectivity index (χ4v) is 1.87. The number of thiazole rings is 1. The van der Waals surface area contributed by atoms with Gasteiger partial charge >= 0.3 is 0 Å². The van der Waals surface area contributed by atoms with Gasteiger partial charge in [-0.05, 0) is 6.42 Å². The quantitative estimate of drug-likeness (QED) is 0.312. The maximum absolute atomic E-state index is 5.36. The van der Waals surface area contributed by atoms with Crippen LogP contribution in [0.2, 0.25) is 0 Å². The maximum atomic E-state index is 5.36. The summed E-state index contributed by atoms with van der Waals surface area (Å²) >= 11 is 1.66. The summed E-state index contributed by atoms with van der Waals surface area (Å²) in [6.45, 7) is 5.76. The van der Waals surface area contributed by atoms with E-state index in [9.17, 15) is 0 Å². The van der Waals surface area contributed by atoms with Crippen LogP contribution in [0.4, 0.5) is 0 Å². The van der Waals surface area contributed by atoms with E-state index in [4.69, 9.17) is 5.84 Å². The van der Waals surface area contributed by atoms with Gasteiger partial charge in [-0.2, -0.15) is 0 Å². The predicted octanol–water partition coefficient (Wildman–Crippen LogP) is 1.07. The summed E-state index contributed by atoms with van der Waals surface area (Å²) in [6, 6.07) is 0. The first-order chi connectivity index (χ1) is 7.77. The van der Waals surface area contributed by atoms with E-state index in [2.05, 4.69) is 34.6 Å². The van der Waals surface area contributed by atoms with E-state index in [0.29, 0.717) is 18.4 Å². The number of aromatic nitrogens is 1. The number of hydrogen-bond donors (Lipinski definition) is 3. The van der Waals surface area contributed by atoms with Crippen LogP contribution in [0.15, 0.2) is 16.6 Å². The lowest BCUT2D eigenvalue weighted by atomic mass is 10.2. The summed E-state index contributed by atoms with van der Waals surface area (Å²) in [5.41, 5.74) is 2.56. The highest BCUT2D eigenvalue weighted by atomic mass is 32.1. The van der Waals surface area contributed by atoms with Gasteiger partial charge < -0.3 is 5.32 Å². The summed E-state index contributed by atoms with van der Waals surface area (Å²) in [5, 5.41) is 6.20. The molecule has 1 aromatic rings. The molecule has 0 amide bonds. The van der Waals surface area contributed by atoms with E-state index in [1.54, 1.807) is 11.3 Å². The van der Waals surface area contributed by atoms with Gasteiger partial charge in [0.2, 0.25) is 5.96 Å². The summed E-state index contributed by atoms with van der Waals surface area (Å²) in [7, 11) is 0. The van der Waals surface area contributed by atoms with E-state index in [-0.39, 0.29) is 0 Å². The molecule has 5 nitrogen and oxygen atoms in total. The fraction of sp³-hybridized carbons (Fsp3) is 0.600. The molecule has 0 fully saturated rings. The van der Waals surface area contributed by atoms with E-state index in [1.165, 1.54) is 0 Å². The van der Waals surface area contributed by atoms with Gasteiger partial charge in [0.25, 0.3) is 0 Å². The first-order valence-electron chi connectivity index (χ1n) is 5.42. The third kappa shape index (κ3) is 4.16. The Morgan fingerprint density at radius 1 is 1.69 bits per heavy atom. The molecule has 0 aromatic carbocycles. The van der Waals surface area contributed by atoms with Gasteiger partial charge in [0.15, 0.2) is 0 Å². The van der Waals surface area contributed by atoms with Gasteiger partial charge in [-0.3, -0.25) is 10.4 Å². The third-order valence-corrected chi connectivity index (χ3v) is 3.08. The molecule has 0 bridgehead atoms. The number of aliphatic imine (C=N–C) groups is 1. The van der Waals surface area contributed by atoms with Crippen molar-refractivity contribution in [3.63, 3.8) is 0 Å². The molecule has 0 saturated carbocycles. The van der Waals surface area contributed by atoms with Crippen LogP contribution >= 0.6 is 11.3 Å². The Hall–Kier alpha value is -1.14. The van der Waals surface area contributed by atoms with Gasteiger partial charge in [0.1, 0.15) is 0 Å². The van der Waals surface area contributed by atoms with Crippen LogP contribution in [0.1, 0.15) is 31.2 Å². The molecule has 0 aliphatic rings. The van der Waals surface area contributed by atoms with Gasteiger partial charge in [-0.25, -0.2) is 10.8 Å². The molecule has 0 aliphatic heterocycles. The first-order valence-corrected chi connectivity index (χ1v) is 6.30. The first kappa shape index (κ1) is 12.9. The molecule has 1 rings (SSSR count). The molecular weight excluding hydrogens is 222 g/mol. The van der Waals surface area contributed by atoms with Crippen LogP contribution < -0.4 is 16.6 Å². The molecular formula is C10H19N5S. The molecule has 1 atom stereocenters. The normalized spacial score (nSPS) is 13.6. The SMILES string of the molecule is CCCNC(=NCC(C)c1nccs1)NN. The molecule has 1 aromatic heterocycles. The minimum Gasteiger partial charge on any atom is -0.355 e. The zero-order chi connectivity index (χ0) is 11.8. The molecule has 0 radical (unpaired) electrons. The molecule has 1 heterocycles. The van der Waals surface area contributed by atoms with E-state index in [1.807, 2.05) is 11.6 Å². The molecule has 0 saturated heterocycles. The number of nitrogens with zero attached hydrogens (tertiary/aromatic N) is 2. The molecule has 1 unspecified atom stereocenters. The van der Waals surface area contributed by atoms with Crippen LogP contribution in [0.25, 0.3) is 0 Å². The highest BCUT2D eigenvalue weighted by Crippen LogP contribution is 2.17. The lowest BCUT2D eigenvalue weighted by molar-refractivity contribution is 0.739. The third-order valence-electron chi connectivity index (χ3n) is 2.08. The predicted molar refractivity (Wildman–Crippen MR) is 68.4 cm³/mol. The lowest BCUT2D eigenvalue weighted by Crippen LogP contribution is -2.42. The van der Waals surface area contributed by atoms with Crippen LogP contribution in [-0.4, -0.2) is 24.0 Å². The van der Waals surface area contributed by atoms with Crippen molar-refractivity contribution >= 4 is 17.3 Å². The Balaban J connectivity index is 2.43.